The van der Waals surface area contributed by atoms with Gasteiger partial charge >= 0.3 is 0 Å². The van der Waals surface area contributed by atoms with Crippen LogP contribution in [0.1, 0.15) is 29.8 Å². The van der Waals surface area contributed by atoms with E-state index in [1.165, 1.54) is 0 Å². The predicted molar refractivity (Wildman–Crippen MR) is 106 cm³/mol. The van der Waals surface area contributed by atoms with Crippen LogP contribution >= 0.6 is 0 Å². The number of benzene rings is 1. The van der Waals surface area contributed by atoms with Crippen LogP contribution in [-0.2, 0) is 16.1 Å². The van der Waals surface area contributed by atoms with Gasteiger partial charge in [0.2, 0.25) is 5.78 Å². The van der Waals surface area contributed by atoms with E-state index in [0.29, 0.717) is 18.8 Å². The maximum absolute atomic E-state index is 13.1. The Labute approximate surface area is 166 Å². The van der Waals surface area contributed by atoms with Crippen LogP contribution in [0.15, 0.2) is 61.6 Å². The molecule has 3 aromatic heterocycles. The minimum absolute atomic E-state index is 0.390. The molecule has 0 spiro atoms. The summed E-state index contributed by atoms with van der Waals surface area (Å²) in [6.07, 6.45) is 11.3. The number of amides is 1. The summed E-state index contributed by atoms with van der Waals surface area (Å²) in [6, 6.07) is 7.36. The van der Waals surface area contributed by atoms with Crippen molar-refractivity contribution in [2.24, 2.45) is 0 Å². The highest BCUT2D eigenvalue weighted by atomic mass is 16.2. The van der Waals surface area contributed by atoms with E-state index in [0.717, 1.165) is 23.0 Å². The van der Waals surface area contributed by atoms with Crippen molar-refractivity contribution < 1.29 is 9.59 Å². The molecule has 2 unspecified atom stereocenters. The standard InChI is InChI=1S/C21H20N6O2/c28-19-17(15-12-25-16-5-2-1-4-14(15)16)18(20-23-6-7-24-20)27(21(19)29)10-3-9-26-11-8-22-13-26/h1-2,4-8,11-13,17-18,25H,3,9-10H2,(H,23,24). The number of H-pyrrole nitrogens is 2. The molecule has 1 fully saturated rings. The number of likely N-dealkylation sites (tertiary alicyclic amines) is 1. The average Bonchev–Trinajstić information content (AvgIpc) is 3.52. The average molecular weight is 388 g/mol. The molecule has 1 aromatic carbocycles. The van der Waals surface area contributed by atoms with Crippen LogP contribution in [0.4, 0.5) is 0 Å². The number of carbonyl (C=O) groups excluding carboxylic acids is 2. The number of rotatable bonds is 6. The minimum Gasteiger partial charge on any atom is -0.361 e. The van der Waals surface area contributed by atoms with Crippen molar-refractivity contribution >= 4 is 22.6 Å². The summed E-state index contributed by atoms with van der Waals surface area (Å²) in [7, 11) is 0. The second-order valence-electron chi connectivity index (χ2n) is 7.20. The van der Waals surface area contributed by atoms with Crippen molar-refractivity contribution in [3.05, 3.63) is 73.0 Å². The van der Waals surface area contributed by atoms with Crippen molar-refractivity contribution in [3.8, 4) is 0 Å². The highest BCUT2D eigenvalue weighted by Gasteiger charge is 2.50. The second-order valence-corrected chi connectivity index (χ2v) is 7.20. The second kappa shape index (κ2) is 7.05. The summed E-state index contributed by atoms with van der Waals surface area (Å²) < 4.78 is 1.96. The molecular formula is C21H20N6O2. The number of aromatic amines is 2. The Hall–Kier alpha value is -3.68. The first-order valence-corrected chi connectivity index (χ1v) is 9.60. The Balaban J connectivity index is 1.50. The first-order valence-electron chi connectivity index (χ1n) is 9.60. The van der Waals surface area contributed by atoms with Crippen molar-refractivity contribution in [3.63, 3.8) is 0 Å². The van der Waals surface area contributed by atoms with E-state index in [9.17, 15) is 9.59 Å². The van der Waals surface area contributed by atoms with Gasteiger partial charge < -0.3 is 19.4 Å². The van der Waals surface area contributed by atoms with Gasteiger partial charge in [0.15, 0.2) is 0 Å². The molecule has 0 saturated carbocycles. The molecule has 0 bridgehead atoms. The smallest absolute Gasteiger partial charge is 0.291 e. The molecule has 1 amide bonds. The normalized spacial score (nSPS) is 19.5. The van der Waals surface area contributed by atoms with Crippen LogP contribution < -0.4 is 0 Å². The fourth-order valence-electron chi connectivity index (χ4n) is 4.21. The lowest BCUT2D eigenvalue weighted by molar-refractivity contribution is -0.140. The minimum atomic E-state index is -0.599. The molecule has 1 aliphatic rings. The SMILES string of the molecule is O=C1C(=O)N(CCCn2ccnc2)C(c2ncc[nH]2)C1c1c[nH]c2ccccc12. The zero-order valence-corrected chi connectivity index (χ0v) is 15.7. The number of ketones is 1. The number of aryl methyl sites for hydroxylation is 1. The van der Waals surface area contributed by atoms with Crippen LogP contribution in [0.3, 0.4) is 0 Å². The topological polar surface area (TPSA) is 99.7 Å². The Morgan fingerprint density at radius 2 is 1.97 bits per heavy atom. The summed E-state index contributed by atoms with van der Waals surface area (Å²) in [6.45, 7) is 1.19. The number of nitrogens with zero attached hydrogens (tertiary/aromatic N) is 4. The van der Waals surface area contributed by atoms with Crippen LogP contribution in [0, 0.1) is 0 Å². The molecule has 4 aromatic rings. The lowest BCUT2D eigenvalue weighted by atomic mass is 9.90. The van der Waals surface area contributed by atoms with Gasteiger partial charge in [0.05, 0.1) is 12.2 Å². The molecule has 29 heavy (non-hydrogen) atoms. The molecule has 8 nitrogen and oxygen atoms in total. The first-order chi connectivity index (χ1) is 14.2. The number of imidazole rings is 2. The molecule has 1 aliphatic heterocycles. The highest BCUT2D eigenvalue weighted by Crippen LogP contribution is 2.43. The molecule has 0 radical (unpaired) electrons. The maximum Gasteiger partial charge on any atom is 0.291 e. The van der Waals surface area contributed by atoms with Crippen molar-refractivity contribution in [1.82, 2.24) is 29.4 Å². The highest BCUT2D eigenvalue weighted by molar-refractivity contribution is 6.40. The zero-order chi connectivity index (χ0) is 19.8. The summed E-state index contributed by atoms with van der Waals surface area (Å²) in [5.41, 5.74) is 1.77. The molecule has 1 saturated heterocycles. The lowest BCUT2D eigenvalue weighted by Gasteiger charge is -2.25. The largest absolute Gasteiger partial charge is 0.361 e. The maximum atomic E-state index is 13.1. The van der Waals surface area contributed by atoms with Gasteiger partial charge in [0.1, 0.15) is 11.9 Å². The molecule has 2 atom stereocenters. The molecule has 0 aliphatic carbocycles. The molecule has 146 valence electrons. The van der Waals surface area contributed by atoms with Crippen LogP contribution in [0.25, 0.3) is 10.9 Å². The molecular weight excluding hydrogens is 368 g/mol. The number of nitrogens with one attached hydrogen (secondary N) is 2. The summed E-state index contributed by atoms with van der Waals surface area (Å²) in [4.78, 5) is 42.5. The Morgan fingerprint density at radius 3 is 2.76 bits per heavy atom. The monoisotopic (exact) mass is 388 g/mol. The van der Waals surface area contributed by atoms with Crippen molar-refractivity contribution in [1.29, 1.82) is 0 Å². The summed E-state index contributed by atoms with van der Waals surface area (Å²) >= 11 is 0. The van der Waals surface area contributed by atoms with E-state index in [4.69, 9.17) is 0 Å². The third-order valence-electron chi connectivity index (χ3n) is 5.54. The van der Waals surface area contributed by atoms with Crippen LogP contribution in [0.5, 0.6) is 0 Å². The molecule has 8 heteroatoms. The number of Topliss-reactive ketones (excluding diaryl/α,β-unsaturated/α-hetero) is 1. The van der Waals surface area contributed by atoms with E-state index >= 15 is 0 Å². The summed E-state index contributed by atoms with van der Waals surface area (Å²) in [5, 5.41) is 0.954. The van der Waals surface area contributed by atoms with Gasteiger partial charge in [0, 0.05) is 55.0 Å². The van der Waals surface area contributed by atoms with Gasteiger partial charge in [-0.05, 0) is 18.1 Å². The fraction of sp³-hybridized carbons (Fsp3) is 0.238. The van der Waals surface area contributed by atoms with Crippen LogP contribution in [-0.4, -0.2) is 47.6 Å². The zero-order valence-electron chi connectivity index (χ0n) is 15.7. The van der Waals surface area contributed by atoms with E-state index < -0.39 is 23.7 Å². The van der Waals surface area contributed by atoms with Gasteiger partial charge in [-0.15, -0.1) is 0 Å². The molecule has 2 N–H and O–H groups in total. The first kappa shape index (κ1) is 17.4. The fourth-order valence-corrected chi connectivity index (χ4v) is 4.21. The van der Waals surface area contributed by atoms with Crippen LogP contribution in [0.2, 0.25) is 0 Å². The number of para-hydroxylation sites is 1. The van der Waals surface area contributed by atoms with E-state index in [-0.39, 0.29) is 0 Å². The quantitative estimate of drug-likeness (QED) is 0.496. The number of fused-ring (bicyclic) bond motifs is 1. The Kier molecular flexibility index (Phi) is 4.23. The lowest BCUT2D eigenvalue weighted by Crippen LogP contribution is -2.31. The predicted octanol–water partition coefficient (Wildman–Crippen LogP) is 2.41. The summed E-state index contributed by atoms with van der Waals surface area (Å²) in [5.74, 6) is -0.814. The van der Waals surface area contributed by atoms with Crippen molar-refractivity contribution in [2.45, 2.75) is 24.9 Å². The van der Waals surface area contributed by atoms with E-state index in [2.05, 4.69) is 19.9 Å². The Morgan fingerprint density at radius 1 is 1.07 bits per heavy atom. The number of hydrogen-bond donors (Lipinski definition) is 2. The van der Waals surface area contributed by atoms with Gasteiger partial charge in [-0.2, -0.15) is 0 Å². The number of aromatic nitrogens is 5. The number of carbonyl (C=O) groups is 2. The number of hydrogen-bond acceptors (Lipinski definition) is 4. The third kappa shape index (κ3) is 2.93. The third-order valence-corrected chi connectivity index (χ3v) is 5.54. The van der Waals surface area contributed by atoms with Gasteiger partial charge in [-0.1, -0.05) is 18.2 Å². The Bertz CT molecular complexity index is 1150. The molecule has 5 rings (SSSR count). The van der Waals surface area contributed by atoms with Crippen molar-refractivity contribution in [2.75, 3.05) is 6.54 Å². The van der Waals surface area contributed by atoms with E-state index in [1.54, 1.807) is 29.8 Å². The van der Waals surface area contributed by atoms with Gasteiger partial charge in [0.25, 0.3) is 5.91 Å². The molecule has 4 heterocycles. The van der Waals surface area contributed by atoms with Gasteiger partial charge in [-0.25, -0.2) is 9.97 Å². The van der Waals surface area contributed by atoms with Gasteiger partial charge in [-0.3, -0.25) is 9.59 Å². The van der Waals surface area contributed by atoms with E-state index in [1.807, 2.05) is 41.2 Å².